The van der Waals surface area contributed by atoms with Gasteiger partial charge in [-0.15, -0.1) is 0 Å². The number of nitrogens with zero attached hydrogens (tertiary/aromatic N) is 2. The van der Waals surface area contributed by atoms with E-state index in [9.17, 15) is 18.0 Å². The van der Waals surface area contributed by atoms with E-state index >= 15 is 0 Å². The van der Waals surface area contributed by atoms with E-state index in [4.69, 9.17) is 4.74 Å². The first kappa shape index (κ1) is 28.7. The second kappa shape index (κ2) is 13.1. The van der Waals surface area contributed by atoms with E-state index in [0.717, 1.165) is 15.4 Å². The molecule has 202 valence electrons. The second-order valence-electron chi connectivity index (χ2n) is 8.86. The summed E-state index contributed by atoms with van der Waals surface area (Å²) in [6.07, 6.45) is 0.888. The number of ether oxygens (including phenoxy) is 1. The molecule has 0 radical (unpaired) electrons. The number of carbonyl (C=O) groups excluding carboxylic acids is 2. The zero-order chi connectivity index (χ0) is 27.7. The van der Waals surface area contributed by atoms with Gasteiger partial charge in [-0.05, 0) is 49.6 Å². The van der Waals surface area contributed by atoms with Crippen LogP contribution in [0.5, 0.6) is 5.75 Å². The predicted octanol–water partition coefficient (Wildman–Crippen LogP) is 3.79. The molecular formula is C29H35N3O5S. The van der Waals surface area contributed by atoms with Crippen LogP contribution in [0.25, 0.3) is 0 Å². The molecule has 0 saturated carbocycles. The average Bonchev–Trinajstić information content (AvgIpc) is 2.94. The van der Waals surface area contributed by atoms with Crippen LogP contribution in [0.4, 0.5) is 5.69 Å². The number of anilines is 1. The minimum Gasteiger partial charge on any atom is -0.495 e. The van der Waals surface area contributed by atoms with E-state index in [1.54, 1.807) is 36.4 Å². The van der Waals surface area contributed by atoms with Gasteiger partial charge in [0, 0.05) is 13.6 Å². The average molecular weight is 538 g/mol. The fraction of sp³-hybridized carbons (Fsp3) is 0.310. The Morgan fingerprint density at radius 3 is 2.18 bits per heavy atom. The Kier molecular flexibility index (Phi) is 9.90. The molecule has 3 aromatic rings. The maximum Gasteiger partial charge on any atom is 0.264 e. The summed E-state index contributed by atoms with van der Waals surface area (Å²) in [6, 6.07) is 22.0. The third-order valence-corrected chi connectivity index (χ3v) is 8.13. The van der Waals surface area contributed by atoms with Gasteiger partial charge in [-0.25, -0.2) is 8.42 Å². The number of benzene rings is 3. The summed E-state index contributed by atoms with van der Waals surface area (Å²) in [7, 11) is -1.18. The van der Waals surface area contributed by atoms with Crippen molar-refractivity contribution in [1.29, 1.82) is 0 Å². The van der Waals surface area contributed by atoms with Crippen LogP contribution in [-0.4, -0.2) is 58.4 Å². The number of para-hydroxylation sites is 2. The summed E-state index contributed by atoms with van der Waals surface area (Å²) in [6.45, 7) is 3.44. The van der Waals surface area contributed by atoms with Gasteiger partial charge in [0.25, 0.3) is 10.0 Å². The van der Waals surface area contributed by atoms with Crippen LogP contribution in [-0.2, 0) is 26.0 Å². The van der Waals surface area contributed by atoms with Crippen molar-refractivity contribution >= 4 is 27.5 Å². The molecule has 0 aliphatic carbocycles. The predicted molar refractivity (Wildman–Crippen MR) is 149 cm³/mol. The van der Waals surface area contributed by atoms with Crippen LogP contribution in [0.1, 0.15) is 24.5 Å². The summed E-state index contributed by atoms with van der Waals surface area (Å²) in [5.41, 5.74) is 2.15. The molecule has 0 aliphatic heterocycles. The van der Waals surface area contributed by atoms with Crippen molar-refractivity contribution in [1.82, 2.24) is 10.2 Å². The number of aryl methyl sites for hydroxylation is 1. The van der Waals surface area contributed by atoms with Gasteiger partial charge < -0.3 is 15.0 Å². The highest BCUT2D eigenvalue weighted by atomic mass is 32.2. The molecule has 38 heavy (non-hydrogen) atoms. The smallest absolute Gasteiger partial charge is 0.264 e. The number of rotatable bonds is 12. The lowest BCUT2D eigenvalue weighted by Gasteiger charge is -2.33. The van der Waals surface area contributed by atoms with Gasteiger partial charge in [-0.3, -0.25) is 13.9 Å². The van der Waals surface area contributed by atoms with E-state index in [1.165, 1.54) is 31.2 Å². The number of nitrogens with one attached hydrogen (secondary N) is 1. The fourth-order valence-corrected chi connectivity index (χ4v) is 5.67. The second-order valence-corrected chi connectivity index (χ2v) is 10.7. The molecule has 2 amide bonds. The van der Waals surface area contributed by atoms with Crippen LogP contribution in [0.2, 0.25) is 0 Å². The van der Waals surface area contributed by atoms with Gasteiger partial charge in [0.1, 0.15) is 18.3 Å². The molecule has 8 nitrogen and oxygen atoms in total. The first-order chi connectivity index (χ1) is 18.2. The third kappa shape index (κ3) is 6.72. The van der Waals surface area contributed by atoms with Crippen LogP contribution < -0.4 is 14.4 Å². The highest BCUT2D eigenvalue weighted by Crippen LogP contribution is 2.32. The molecule has 1 N–H and O–H groups in total. The molecule has 0 fully saturated rings. The maximum absolute atomic E-state index is 13.9. The summed E-state index contributed by atoms with van der Waals surface area (Å²) in [4.78, 5) is 28.2. The zero-order valence-corrected chi connectivity index (χ0v) is 23.1. The fourth-order valence-electron chi connectivity index (χ4n) is 4.25. The molecule has 0 heterocycles. The Hall–Kier alpha value is -3.85. The minimum atomic E-state index is -4.15. The Balaban J connectivity index is 2.04. The zero-order valence-electron chi connectivity index (χ0n) is 22.3. The largest absolute Gasteiger partial charge is 0.495 e. The summed E-state index contributed by atoms with van der Waals surface area (Å²) in [5.74, 6) is -0.484. The lowest BCUT2D eigenvalue weighted by Crippen LogP contribution is -2.52. The molecule has 3 rings (SSSR count). The summed E-state index contributed by atoms with van der Waals surface area (Å²) in [5, 5.41) is 2.63. The van der Waals surface area contributed by atoms with E-state index in [2.05, 4.69) is 5.32 Å². The van der Waals surface area contributed by atoms with Crippen LogP contribution in [0, 0.1) is 6.92 Å². The Labute approximate surface area is 225 Å². The van der Waals surface area contributed by atoms with Crippen molar-refractivity contribution in [2.45, 2.75) is 37.6 Å². The Bertz CT molecular complexity index is 1330. The molecule has 0 aliphatic rings. The number of hydrogen-bond donors (Lipinski definition) is 1. The maximum atomic E-state index is 13.9. The van der Waals surface area contributed by atoms with Crippen LogP contribution >= 0.6 is 0 Å². The number of hydrogen-bond acceptors (Lipinski definition) is 5. The standard InChI is InChI=1S/C29H35N3O5S/c1-5-25(29(34)30-3)31(20-19-23-11-7-6-8-12-23)28(33)21-32(26-13-9-10-14-27(26)37-4)38(35,36)24-17-15-22(2)16-18-24/h6-18,25H,5,19-21H2,1-4H3,(H,30,34)/t25-/m1/s1. The molecule has 0 unspecified atom stereocenters. The Morgan fingerprint density at radius 1 is 0.947 bits per heavy atom. The number of likely N-dealkylation sites (N-methyl/N-ethyl adjacent to an activating group) is 1. The summed E-state index contributed by atoms with van der Waals surface area (Å²) < 4.78 is 34.3. The first-order valence-electron chi connectivity index (χ1n) is 12.5. The van der Waals surface area contributed by atoms with Gasteiger partial charge in [0.15, 0.2) is 0 Å². The quantitative estimate of drug-likeness (QED) is 0.379. The lowest BCUT2D eigenvalue weighted by molar-refractivity contribution is -0.139. The van der Waals surface area contributed by atoms with Crippen LogP contribution in [0.15, 0.2) is 83.8 Å². The van der Waals surface area contributed by atoms with E-state index in [1.807, 2.05) is 44.2 Å². The van der Waals surface area contributed by atoms with Gasteiger partial charge in [0.05, 0.1) is 17.7 Å². The summed E-state index contributed by atoms with van der Waals surface area (Å²) >= 11 is 0. The van der Waals surface area contributed by atoms with Crippen molar-refractivity contribution in [3.05, 3.63) is 90.0 Å². The van der Waals surface area contributed by atoms with E-state index < -0.39 is 28.5 Å². The highest BCUT2D eigenvalue weighted by molar-refractivity contribution is 7.92. The molecule has 0 spiro atoms. The van der Waals surface area contributed by atoms with Gasteiger partial charge in [-0.2, -0.15) is 0 Å². The van der Waals surface area contributed by atoms with Crippen molar-refractivity contribution < 1.29 is 22.7 Å². The highest BCUT2D eigenvalue weighted by Gasteiger charge is 2.34. The Morgan fingerprint density at radius 2 is 1.58 bits per heavy atom. The minimum absolute atomic E-state index is 0.0518. The third-order valence-electron chi connectivity index (χ3n) is 6.36. The monoisotopic (exact) mass is 537 g/mol. The van der Waals surface area contributed by atoms with E-state index in [-0.39, 0.29) is 23.0 Å². The van der Waals surface area contributed by atoms with Crippen molar-refractivity contribution in [2.75, 3.05) is 31.6 Å². The van der Waals surface area contributed by atoms with Crippen molar-refractivity contribution in [2.24, 2.45) is 0 Å². The van der Waals surface area contributed by atoms with Gasteiger partial charge in [-0.1, -0.05) is 67.1 Å². The normalized spacial score (nSPS) is 11.9. The van der Waals surface area contributed by atoms with Gasteiger partial charge in [0.2, 0.25) is 11.8 Å². The number of amides is 2. The van der Waals surface area contributed by atoms with Gasteiger partial charge >= 0.3 is 0 Å². The molecule has 3 aromatic carbocycles. The SMILES string of the molecule is CC[C@H](C(=O)NC)N(CCc1ccccc1)C(=O)CN(c1ccccc1OC)S(=O)(=O)c1ccc(C)cc1. The lowest BCUT2D eigenvalue weighted by atomic mass is 10.1. The van der Waals surface area contributed by atoms with Crippen molar-refractivity contribution in [3.8, 4) is 5.75 Å². The molecular weight excluding hydrogens is 502 g/mol. The first-order valence-corrected chi connectivity index (χ1v) is 13.9. The number of methoxy groups -OCH3 is 1. The molecule has 0 bridgehead atoms. The number of carbonyl (C=O) groups is 2. The number of sulfonamides is 1. The molecule has 0 saturated heterocycles. The van der Waals surface area contributed by atoms with Crippen molar-refractivity contribution in [3.63, 3.8) is 0 Å². The van der Waals surface area contributed by atoms with E-state index in [0.29, 0.717) is 18.6 Å². The van der Waals surface area contributed by atoms with Crippen LogP contribution in [0.3, 0.4) is 0 Å². The molecule has 9 heteroatoms. The molecule has 0 aromatic heterocycles. The topological polar surface area (TPSA) is 96.0 Å². The molecule has 1 atom stereocenters.